The van der Waals surface area contributed by atoms with Gasteiger partial charge in [-0.15, -0.1) is 0 Å². The lowest BCUT2D eigenvalue weighted by atomic mass is 10.2. The van der Waals surface area contributed by atoms with E-state index in [9.17, 15) is 14.4 Å². The molecule has 0 saturated carbocycles. The highest BCUT2D eigenvalue weighted by Crippen LogP contribution is 2.28. The van der Waals surface area contributed by atoms with Gasteiger partial charge in [0.1, 0.15) is 17.8 Å². The normalized spacial score (nSPS) is 11.4. The smallest absolute Gasteiger partial charge is 0.332 e. The van der Waals surface area contributed by atoms with Crippen LogP contribution < -0.4 is 16.6 Å². The first-order valence-electron chi connectivity index (χ1n) is 9.74. The summed E-state index contributed by atoms with van der Waals surface area (Å²) in [4.78, 5) is 41.1. The predicted molar refractivity (Wildman–Crippen MR) is 114 cm³/mol. The van der Waals surface area contributed by atoms with Gasteiger partial charge in [-0.25, -0.2) is 9.78 Å². The van der Waals surface area contributed by atoms with E-state index in [-0.39, 0.29) is 30.2 Å². The average molecular weight is 434 g/mol. The molecule has 0 atom stereocenters. The van der Waals surface area contributed by atoms with Crippen molar-refractivity contribution in [2.24, 2.45) is 14.1 Å². The van der Waals surface area contributed by atoms with Crippen molar-refractivity contribution in [1.29, 1.82) is 0 Å². The van der Waals surface area contributed by atoms with Gasteiger partial charge in [0.25, 0.3) is 5.56 Å². The molecule has 1 amide bonds. The number of para-hydroxylation sites is 1. The Kier molecular flexibility index (Phi) is 4.51. The van der Waals surface area contributed by atoms with Gasteiger partial charge >= 0.3 is 5.69 Å². The van der Waals surface area contributed by atoms with Gasteiger partial charge in [-0.05, 0) is 12.1 Å². The van der Waals surface area contributed by atoms with Gasteiger partial charge < -0.3 is 18.8 Å². The molecule has 162 valence electrons. The number of furan rings is 1. The molecular weight excluding hydrogens is 416 g/mol. The van der Waals surface area contributed by atoms with Gasteiger partial charge in [0.2, 0.25) is 11.7 Å². The zero-order valence-electron chi connectivity index (χ0n) is 17.2. The van der Waals surface area contributed by atoms with Crippen molar-refractivity contribution in [1.82, 2.24) is 29.2 Å². The van der Waals surface area contributed by atoms with Crippen molar-refractivity contribution in [3.8, 4) is 11.5 Å². The Morgan fingerprint density at radius 1 is 1.09 bits per heavy atom. The molecule has 11 nitrogen and oxygen atoms in total. The van der Waals surface area contributed by atoms with Crippen LogP contribution in [0.4, 0.5) is 0 Å². The van der Waals surface area contributed by atoms with Gasteiger partial charge in [0, 0.05) is 25.5 Å². The Hall–Kier alpha value is -4.41. The van der Waals surface area contributed by atoms with Crippen molar-refractivity contribution in [2.45, 2.75) is 13.1 Å². The summed E-state index contributed by atoms with van der Waals surface area (Å²) < 4.78 is 14.8. The van der Waals surface area contributed by atoms with Crippen molar-refractivity contribution in [3.63, 3.8) is 0 Å². The third-order valence-corrected chi connectivity index (χ3v) is 5.23. The van der Waals surface area contributed by atoms with E-state index in [4.69, 9.17) is 8.94 Å². The van der Waals surface area contributed by atoms with E-state index in [0.29, 0.717) is 17.2 Å². The van der Waals surface area contributed by atoms with Crippen LogP contribution >= 0.6 is 0 Å². The highest BCUT2D eigenvalue weighted by atomic mass is 16.5. The van der Waals surface area contributed by atoms with Crippen LogP contribution in [0.1, 0.15) is 5.69 Å². The molecule has 5 aromatic rings. The number of aromatic nitrogens is 5. The number of benzene rings is 1. The molecule has 0 aliphatic heterocycles. The highest BCUT2D eigenvalue weighted by molar-refractivity contribution is 5.82. The minimum atomic E-state index is -0.514. The fraction of sp³-hybridized carbons (Fsp3) is 0.190. The number of carbonyl (C=O) groups excluding carboxylic acids is 1. The van der Waals surface area contributed by atoms with Crippen molar-refractivity contribution in [3.05, 3.63) is 69.3 Å². The number of nitrogens with one attached hydrogen (secondary N) is 1. The van der Waals surface area contributed by atoms with E-state index in [1.165, 1.54) is 29.6 Å². The molecule has 0 aliphatic rings. The van der Waals surface area contributed by atoms with Crippen LogP contribution in [0.3, 0.4) is 0 Å². The van der Waals surface area contributed by atoms with Gasteiger partial charge in [-0.2, -0.15) is 0 Å². The van der Waals surface area contributed by atoms with E-state index in [0.717, 1.165) is 15.5 Å². The SMILES string of the molecule is Cn1c(=O)c2c(ncn2CC(=O)NCc2cc(-c3cc4ccccc4o3)on2)n(C)c1=O. The summed E-state index contributed by atoms with van der Waals surface area (Å²) >= 11 is 0. The topological polar surface area (TPSA) is 130 Å². The van der Waals surface area contributed by atoms with Crippen LogP contribution in [0.15, 0.2) is 61.3 Å². The van der Waals surface area contributed by atoms with Crippen LogP contribution in [-0.2, 0) is 32.0 Å². The lowest BCUT2D eigenvalue weighted by Gasteiger charge is -2.07. The zero-order valence-corrected chi connectivity index (χ0v) is 17.2. The van der Waals surface area contributed by atoms with Crippen LogP contribution in [0.5, 0.6) is 0 Å². The average Bonchev–Trinajstić information content (AvgIpc) is 3.52. The van der Waals surface area contributed by atoms with Crippen molar-refractivity contribution >= 4 is 28.0 Å². The van der Waals surface area contributed by atoms with Crippen LogP contribution in [-0.4, -0.2) is 29.7 Å². The van der Waals surface area contributed by atoms with E-state index in [1.807, 2.05) is 30.3 Å². The second kappa shape index (κ2) is 7.38. The van der Waals surface area contributed by atoms with Crippen LogP contribution in [0.25, 0.3) is 33.7 Å². The molecule has 0 unspecified atom stereocenters. The molecule has 0 aliphatic carbocycles. The quantitative estimate of drug-likeness (QED) is 0.439. The van der Waals surface area contributed by atoms with E-state index in [2.05, 4.69) is 15.5 Å². The first kappa shape index (κ1) is 19.5. The summed E-state index contributed by atoms with van der Waals surface area (Å²) in [6.45, 7) is -0.0100. The van der Waals surface area contributed by atoms with E-state index >= 15 is 0 Å². The summed E-state index contributed by atoms with van der Waals surface area (Å²) in [7, 11) is 2.90. The lowest BCUT2D eigenvalue weighted by molar-refractivity contribution is -0.121. The Labute approximate surface area is 179 Å². The van der Waals surface area contributed by atoms with Gasteiger partial charge in [0.15, 0.2) is 16.9 Å². The zero-order chi connectivity index (χ0) is 22.4. The van der Waals surface area contributed by atoms with E-state index < -0.39 is 11.2 Å². The minimum absolute atomic E-state index is 0.131. The number of amides is 1. The second-order valence-electron chi connectivity index (χ2n) is 7.36. The molecule has 0 radical (unpaired) electrons. The Morgan fingerprint density at radius 3 is 2.72 bits per heavy atom. The molecule has 0 bridgehead atoms. The number of hydrogen-bond donors (Lipinski definition) is 1. The van der Waals surface area contributed by atoms with Gasteiger partial charge in [-0.3, -0.25) is 18.7 Å². The Balaban J connectivity index is 1.30. The molecule has 0 fully saturated rings. The summed E-state index contributed by atoms with van der Waals surface area (Å²) in [5, 5.41) is 7.65. The number of aryl methyl sites for hydroxylation is 1. The first-order valence-corrected chi connectivity index (χ1v) is 9.74. The molecule has 0 spiro atoms. The molecule has 1 N–H and O–H groups in total. The molecule has 11 heteroatoms. The summed E-state index contributed by atoms with van der Waals surface area (Å²) in [5.41, 5.74) is 0.660. The second-order valence-corrected chi connectivity index (χ2v) is 7.36. The number of rotatable bonds is 5. The van der Waals surface area contributed by atoms with Crippen molar-refractivity contribution < 1.29 is 13.7 Å². The molecule has 4 heterocycles. The standard InChI is InChI=1S/C21H18N6O5/c1-25-19-18(20(29)26(2)21(25)30)27(11-23-19)10-17(28)22-9-13-8-16(32-24-13)15-7-12-5-3-4-6-14(12)31-15/h3-8,11H,9-10H2,1-2H3,(H,22,28). The Bertz CT molecular complexity index is 1570. The number of fused-ring (bicyclic) bond motifs is 2. The summed E-state index contributed by atoms with van der Waals surface area (Å²) in [5.74, 6) is 0.645. The molecular formula is C21H18N6O5. The van der Waals surface area contributed by atoms with Crippen LogP contribution in [0.2, 0.25) is 0 Å². The maximum Gasteiger partial charge on any atom is 0.332 e. The molecule has 32 heavy (non-hydrogen) atoms. The minimum Gasteiger partial charge on any atom is -0.453 e. The predicted octanol–water partition coefficient (Wildman–Crippen LogP) is 1.15. The maximum absolute atomic E-state index is 12.5. The first-order chi connectivity index (χ1) is 15.4. The summed E-state index contributed by atoms with van der Waals surface area (Å²) in [6, 6.07) is 11.1. The third kappa shape index (κ3) is 3.20. The number of nitrogens with zero attached hydrogens (tertiary/aromatic N) is 5. The Morgan fingerprint density at radius 2 is 1.91 bits per heavy atom. The van der Waals surface area contributed by atoms with E-state index in [1.54, 1.807) is 6.07 Å². The molecule has 0 saturated heterocycles. The van der Waals surface area contributed by atoms with Gasteiger partial charge in [0.05, 0.1) is 12.9 Å². The van der Waals surface area contributed by atoms with Crippen molar-refractivity contribution in [2.75, 3.05) is 0 Å². The fourth-order valence-corrected chi connectivity index (χ4v) is 3.53. The molecule has 4 aromatic heterocycles. The summed E-state index contributed by atoms with van der Waals surface area (Å²) in [6.07, 6.45) is 1.36. The highest BCUT2D eigenvalue weighted by Gasteiger charge is 2.17. The van der Waals surface area contributed by atoms with Gasteiger partial charge in [-0.1, -0.05) is 23.4 Å². The lowest BCUT2D eigenvalue weighted by Crippen LogP contribution is -2.38. The third-order valence-electron chi connectivity index (χ3n) is 5.23. The van der Waals surface area contributed by atoms with Crippen LogP contribution in [0, 0.1) is 0 Å². The molecule has 5 rings (SSSR count). The number of imidazole rings is 1. The number of hydrogen-bond acceptors (Lipinski definition) is 7. The number of carbonyl (C=O) groups is 1. The monoisotopic (exact) mass is 434 g/mol. The largest absolute Gasteiger partial charge is 0.453 e. The maximum atomic E-state index is 12.5. The molecule has 1 aromatic carbocycles. The fourth-order valence-electron chi connectivity index (χ4n) is 3.53.